The van der Waals surface area contributed by atoms with Crippen molar-refractivity contribution in [3.05, 3.63) is 65.7 Å². The van der Waals surface area contributed by atoms with Crippen molar-refractivity contribution < 1.29 is 14.2 Å². The molecule has 1 atom stereocenters. The Labute approximate surface area is 132 Å². The molecule has 0 heterocycles. The quantitative estimate of drug-likeness (QED) is 0.506. The first kappa shape index (κ1) is 16.5. The smallest absolute Gasteiger partial charge is 0.359 e. The zero-order valence-electron chi connectivity index (χ0n) is 13.7. The highest BCUT2D eigenvalue weighted by Crippen LogP contribution is 2.31. The van der Waals surface area contributed by atoms with E-state index in [9.17, 15) is 0 Å². The van der Waals surface area contributed by atoms with Gasteiger partial charge in [-0.3, -0.25) is 0 Å². The van der Waals surface area contributed by atoms with Gasteiger partial charge < -0.3 is 4.74 Å². The van der Waals surface area contributed by atoms with Crippen LogP contribution in [-0.4, -0.2) is 25.3 Å². The van der Waals surface area contributed by atoms with Crippen LogP contribution in [0.2, 0.25) is 0 Å². The molecule has 0 aromatic heterocycles. The molecule has 4 nitrogen and oxygen atoms in total. The molecule has 22 heavy (non-hydrogen) atoms. The molecule has 0 radical (unpaired) electrons. The van der Waals surface area contributed by atoms with Crippen molar-refractivity contribution in [2.75, 3.05) is 20.7 Å². The maximum Gasteiger partial charge on any atom is 0.359 e. The molecule has 118 valence electrons. The number of rotatable bonds is 6. The van der Waals surface area contributed by atoms with Gasteiger partial charge in [-0.15, -0.1) is 4.65 Å². The van der Waals surface area contributed by atoms with E-state index in [4.69, 9.17) is 15.3 Å². The molecule has 0 aliphatic rings. The molecule has 1 unspecified atom stereocenters. The van der Waals surface area contributed by atoms with Crippen LogP contribution in [0.1, 0.15) is 18.1 Å². The van der Waals surface area contributed by atoms with Crippen LogP contribution in [-0.2, 0) is 10.7 Å². The molecule has 0 aliphatic heterocycles. The predicted octanol–water partition coefficient (Wildman–Crippen LogP) is 3.17. The fraction of sp³-hybridized carbons (Fsp3) is 0.333. The van der Waals surface area contributed by atoms with Gasteiger partial charge in [-0.25, -0.2) is 5.73 Å². The van der Waals surface area contributed by atoms with Gasteiger partial charge in [-0.05, 0) is 38.1 Å². The number of nitrogens with two attached hydrogens (primary N) is 1. The molecule has 4 heteroatoms. The lowest BCUT2D eigenvalue weighted by atomic mass is 10.1. The third kappa shape index (κ3) is 3.30. The third-order valence-electron chi connectivity index (χ3n) is 3.70. The number of quaternary nitrogens is 1. The molecule has 2 N–H and O–H groups in total. The number of para-hydroxylation sites is 1. The Morgan fingerprint density at radius 2 is 1.73 bits per heavy atom. The van der Waals surface area contributed by atoms with Gasteiger partial charge in [0.05, 0.1) is 5.56 Å². The third-order valence-corrected chi connectivity index (χ3v) is 3.70. The number of benzene rings is 2. The second-order valence-electron chi connectivity index (χ2n) is 5.75. The van der Waals surface area contributed by atoms with Gasteiger partial charge >= 0.3 is 5.85 Å². The topological polar surface area (TPSA) is 44.5 Å². The number of hydrogen-bond acceptors (Lipinski definition) is 3. The molecule has 0 bridgehead atoms. The van der Waals surface area contributed by atoms with E-state index < -0.39 is 5.85 Å². The Balaban J connectivity index is 2.49. The summed E-state index contributed by atoms with van der Waals surface area (Å²) in [6.45, 7) is 4.52. The molecule has 0 amide bonds. The number of ether oxygens (including phenoxy) is 1. The van der Waals surface area contributed by atoms with E-state index in [0.717, 1.165) is 11.1 Å². The Morgan fingerprint density at radius 3 is 2.32 bits per heavy atom. The van der Waals surface area contributed by atoms with E-state index in [1.54, 1.807) is 0 Å². The highest BCUT2D eigenvalue weighted by Gasteiger charge is 2.49. The van der Waals surface area contributed by atoms with Gasteiger partial charge in [-0.2, -0.15) is 4.84 Å². The Bertz CT molecular complexity index is 613. The van der Waals surface area contributed by atoms with E-state index in [1.165, 1.54) is 0 Å². The first-order valence-corrected chi connectivity index (χ1v) is 7.48. The zero-order chi connectivity index (χ0) is 16.2. The lowest BCUT2D eigenvalue weighted by molar-refractivity contribution is -1.14. The first-order chi connectivity index (χ1) is 10.4. The molecule has 0 aliphatic carbocycles. The summed E-state index contributed by atoms with van der Waals surface area (Å²) in [6.07, 6.45) is 0. The SMILES string of the molecule is CCO[N+](C)(C)C(N)(Oc1ccccc1)c1cccc(C)c1. The average molecular weight is 301 g/mol. The van der Waals surface area contributed by atoms with Gasteiger partial charge in [0, 0.05) is 0 Å². The van der Waals surface area contributed by atoms with Crippen molar-refractivity contribution in [2.24, 2.45) is 5.73 Å². The van der Waals surface area contributed by atoms with Gasteiger partial charge in [0.1, 0.15) is 26.5 Å². The summed E-state index contributed by atoms with van der Waals surface area (Å²) >= 11 is 0. The van der Waals surface area contributed by atoms with Crippen LogP contribution in [0.25, 0.3) is 0 Å². The van der Waals surface area contributed by atoms with E-state index in [-0.39, 0.29) is 4.65 Å². The second-order valence-corrected chi connectivity index (χ2v) is 5.75. The van der Waals surface area contributed by atoms with Gasteiger partial charge in [0.15, 0.2) is 0 Å². The van der Waals surface area contributed by atoms with Crippen molar-refractivity contribution in [2.45, 2.75) is 19.7 Å². The summed E-state index contributed by atoms with van der Waals surface area (Å²) in [6, 6.07) is 17.6. The Hall–Kier alpha value is -1.88. The molecule has 0 saturated carbocycles. The maximum absolute atomic E-state index is 6.71. The van der Waals surface area contributed by atoms with Crippen molar-refractivity contribution in [3.8, 4) is 5.75 Å². The van der Waals surface area contributed by atoms with Crippen LogP contribution < -0.4 is 10.5 Å². The Kier molecular flexibility index (Phi) is 4.86. The van der Waals surface area contributed by atoms with Gasteiger partial charge in [-0.1, -0.05) is 35.9 Å². The normalized spacial score (nSPS) is 14.4. The Morgan fingerprint density at radius 1 is 1.05 bits per heavy atom. The van der Waals surface area contributed by atoms with E-state index >= 15 is 0 Å². The predicted molar refractivity (Wildman–Crippen MR) is 87.8 cm³/mol. The molecule has 0 spiro atoms. The number of aryl methyl sites for hydroxylation is 1. The highest BCUT2D eigenvalue weighted by atomic mass is 16.8. The molecule has 0 saturated heterocycles. The summed E-state index contributed by atoms with van der Waals surface area (Å²) in [4.78, 5) is 5.85. The fourth-order valence-corrected chi connectivity index (χ4v) is 2.43. The minimum absolute atomic E-state index is 0.0574. The summed E-state index contributed by atoms with van der Waals surface area (Å²) < 4.78 is 6.24. The standard InChI is InChI=1S/C18H25N2O2/c1-5-21-20(3,4)18(19,16-11-9-10-15(2)14-16)22-17-12-7-6-8-13-17/h6-14H,5,19H2,1-4H3/q+1. The van der Waals surface area contributed by atoms with Crippen molar-refractivity contribution >= 4 is 0 Å². The molecular weight excluding hydrogens is 276 g/mol. The molecule has 2 rings (SSSR count). The number of nitrogens with zero attached hydrogens (tertiary/aromatic N) is 1. The zero-order valence-corrected chi connectivity index (χ0v) is 13.7. The van der Waals surface area contributed by atoms with Gasteiger partial charge in [0.2, 0.25) is 0 Å². The van der Waals surface area contributed by atoms with Gasteiger partial charge in [0.25, 0.3) is 0 Å². The minimum Gasteiger partial charge on any atom is -0.421 e. The van der Waals surface area contributed by atoms with E-state index in [2.05, 4.69) is 0 Å². The van der Waals surface area contributed by atoms with Crippen LogP contribution >= 0.6 is 0 Å². The summed E-state index contributed by atoms with van der Waals surface area (Å²) in [5.74, 6) is -0.443. The lowest BCUT2D eigenvalue weighted by Gasteiger charge is -2.42. The lowest BCUT2D eigenvalue weighted by Crippen LogP contribution is -2.66. The number of hydrogen-bond donors (Lipinski definition) is 1. The van der Waals surface area contributed by atoms with Crippen molar-refractivity contribution in [1.29, 1.82) is 0 Å². The monoisotopic (exact) mass is 301 g/mol. The molecule has 2 aromatic rings. The molecule has 0 fully saturated rings. The second kappa shape index (κ2) is 6.48. The molecular formula is C18H25N2O2+. The van der Waals surface area contributed by atoms with E-state index in [0.29, 0.717) is 12.4 Å². The van der Waals surface area contributed by atoms with Crippen molar-refractivity contribution in [1.82, 2.24) is 0 Å². The average Bonchev–Trinajstić information content (AvgIpc) is 2.48. The minimum atomic E-state index is -1.15. The van der Waals surface area contributed by atoms with Crippen LogP contribution in [0.15, 0.2) is 54.6 Å². The first-order valence-electron chi connectivity index (χ1n) is 7.48. The largest absolute Gasteiger partial charge is 0.421 e. The van der Waals surface area contributed by atoms with E-state index in [1.807, 2.05) is 82.5 Å². The summed E-state index contributed by atoms with van der Waals surface area (Å²) in [7, 11) is 3.80. The number of hydroxylamine groups is 3. The van der Waals surface area contributed by atoms with Crippen LogP contribution in [0.3, 0.4) is 0 Å². The maximum atomic E-state index is 6.71. The summed E-state index contributed by atoms with van der Waals surface area (Å²) in [5, 5.41) is 0. The van der Waals surface area contributed by atoms with Crippen LogP contribution in [0.5, 0.6) is 5.75 Å². The van der Waals surface area contributed by atoms with Crippen LogP contribution in [0.4, 0.5) is 0 Å². The molecule has 2 aromatic carbocycles. The summed E-state index contributed by atoms with van der Waals surface area (Å²) in [5.41, 5.74) is 8.70. The highest BCUT2D eigenvalue weighted by molar-refractivity contribution is 5.28. The van der Waals surface area contributed by atoms with Crippen LogP contribution in [0, 0.1) is 6.92 Å². The van der Waals surface area contributed by atoms with Crippen molar-refractivity contribution in [3.63, 3.8) is 0 Å². The fourth-order valence-electron chi connectivity index (χ4n) is 2.43.